The molecular formula is C24H27NO5S. The molecule has 0 aliphatic carbocycles. The second-order valence-corrected chi connectivity index (χ2v) is 9.68. The van der Waals surface area contributed by atoms with Crippen LogP contribution in [-0.2, 0) is 30.7 Å². The Morgan fingerprint density at radius 1 is 1.06 bits per heavy atom. The predicted molar refractivity (Wildman–Crippen MR) is 117 cm³/mol. The maximum Gasteiger partial charge on any atom is 0.208 e. The van der Waals surface area contributed by atoms with E-state index in [1.54, 1.807) is 37.6 Å². The molecule has 6 nitrogen and oxygen atoms in total. The molecule has 2 heterocycles. The number of sulfone groups is 1. The molecule has 1 aromatic heterocycles. The number of aromatic nitrogens is 1. The third-order valence-electron chi connectivity index (χ3n) is 5.60. The van der Waals surface area contributed by atoms with Crippen LogP contribution in [0.15, 0.2) is 76.8 Å². The molecule has 1 aliphatic rings. The number of hydrogen-bond acceptors (Lipinski definition) is 5. The number of nitrogens with one attached hydrogen (secondary N) is 1. The van der Waals surface area contributed by atoms with Crippen molar-refractivity contribution in [1.82, 2.24) is 4.98 Å². The average molecular weight is 442 g/mol. The van der Waals surface area contributed by atoms with Gasteiger partial charge in [-0.25, -0.2) is 8.42 Å². The van der Waals surface area contributed by atoms with Crippen molar-refractivity contribution < 1.29 is 22.6 Å². The molecule has 0 unspecified atom stereocenters. The summed E-state index contributed by atoms with van der Waals surface area (Å²) in [5.74, 6) is 0. The van der Waals surface area contributed by atoms with E-state index in [2.05, 4.69) is 4.98 Å². The van der Waals surface area contributed by atoms with Crippen LogP contribution in [0.3, 0.4) is 0 Å². The summed E-state index contributed by atoms with van der Waals surface area (Å²) < 4.78 is 44.1. The molecule has 0 amide bonds. The average Bonchev–Trinajstić information content (AvgIpc) is 3.42. The molecule has 31 heavy (non-hydrogen) atoms. The Bertz CT molecular complexity index is 1090. The normalized spacial score (nSPS) is 21.4. The minimum Gasteiger partial charge on any atom is -0.379 e. The number of methoxy groups -OCH3 is 1. The minimum atomic E-state index is -3.66. The van der Waals surface area contributed by atoms with Crippen molar-refractivity contribution in [2.45, 2.75) is 48.1 Å². The van der Waals surface area contributed by atoms with E-state index in [1.165, 1.54) is 6.20 Å². The summed E-state index contributed by atoms with van der Waals surface area (Å²) in [7, 11) is -2.02. The molecule has 1 N–H and O–H groups in total. The molecule has 7 heteroatoms. The number of rotatable bonds is 8. The fourth-order valence-corrected chi connectivity index (χ4v) is 5.34. The van der Waals surface area contributed by atoms with E-state index in [-0.39, 0.29) is 22.0 Å². The van der Waals surface area contributed by atoms with Crippen LogP contribution in [0.25, 0.3) is 0 Å². The molecule has 0 saturated carbocycles. The number of aromatic amines is 1. The molecular weight excluding hydrogens is 414 g/mol. The number of hydrogen-bond donors (Lipinski definition) is 1. The zero-order valence-corrected chi connectivity index (χ0v) is 18.5. The fraction of sp³-hybridized carbons (Fsp3) is 0.333. The van der Waals surface area contributed by atoms with Gasteiger partial charge in [-0.05, 0) is 24.6 Å². The molecule has 0 radical (unpaired) electrons. The lowest BCUT2D eigenvalue weighted by Gasteiger charge is -2.17. The van der Waals surface area contributed by atoms with E-state index in [9.17, 15) is 8.42 Å². The summed E-state index contributed by atoms with van der Waals surface area (Å²) in [4.78, 5) is 3.45. The monoisotopic (exact) mass is 441 g/mol. The summed E-state index contributed by atoms with van der Waals surface area (Å²) in [6, 6.07) is 16.8. The highest BCUT2D eigenvalue weighted by Crippen LogP contribution is 2.39. The Balaban J connectivity index is 1.48. The third kappa shape index (κ3) is 4.75. The van der Waals surface area contributed by atoms with Gasteiger partial charge in [0.15, 0.2) is 0 Å². The lowest BCUT2D eigenvalue weighted by atomic mass is 10.1. The van der Waals surface area contributed by atoms with Crippen LogP contribution in [0.1, 0.15) is 29.2 Å². The third-order valence-corrected chi connectivity index (χ3v) is 7.43. The van der Waals surface area contributed by atoms with Crippen LogP contribution in [-0.4, -0.2) is 39.3 Å². The molecule has 0 spiro atoms. The topological polar surface area (TPSA) is 77.6 Å². The Morgan fingerprint density at radius 2 is 1.81 bits per heavy atom. The van der Waals surface area contributed by atoms with Crippen LogP contribution in [0.4, 0.5) is 0 Å². The van der Waals surface area contributed by atoms with Gasteiger partial charge in [0.25, 0.3) is 0 Å². The zero-order valence-electron chi connectivity index (χ0n) is 17.7. The Morgan fingerprint density at radius 3 is 2.52 bits per heavy atom. The van der Waals surface area contributed by atoms with E-state index < -0.39 is 15.9 Å². The van der Waals surface area contributed by atoms with E-state index >= 15 is 0 Å². The van der Waals surface area contributed by atoms with E-state index in [1.807, 2.05) is 37.3 Å². The predicted octanol–water partition coefficient (Wildman–Crippen LogP) is 4.22. The molecule has 1 saturated heterocycles. The highest BCUT2D eigenvalue weighted by Gasteiger charge is 2.39. The first-order valence-electron chi connectivity index (χ1n) is 10.3. The molecule has 1 fully saturated rings. The van der Waals surface area contributed by atoms with Gasteiger partial charge in [0.1, 0.15) is 6.10 Å². The van der Waals surface area contributed by atoms with Crippen LogP contribution in [0, 0.1) is 6.92 Å². The number of aryl methyl sites for hydroxylation is 1. The van der Waals surface area contributed by atoms with Gasteiger partial charge in [-0.3, -0.25) is 0 Å². The molecule has 3 atom stereocenters. The Kier molecular flexibility index (Phi) is 6.57. The molecule has 164 valence electrons. The molecule has 3 aromatic rings. The SMILES string of the molecule is CO[C@H]1C[C@@H](c2c[nH]cc2S(=O)(=O)c2ccc(C)cc2)O[C@@H]1COCc1ccccc1. The quantitative estimate of drug-likeness (QED) is 0.566. The highest BCUT2D eigenvalue weighted by molar-refractivity contribution is 7.91. The maximum atomic E-state index is 13.2. The smallest absolute Gasteiger partial charge is 0.208 e. The van der Waals surface area contributed by atoms with Crippen LogP contribution >= 0.6 is 0 Å². The van der Waals surface area contributed by atoms with Crippen molar-refractivity contribution >= 4 is 9.84 Å². The van der Waals surface area contributed by atoms with Gasteiger partial charge in [-0.1, -0.05) is 48.0 Å². The Hall–Kier alpha value is -2.45. The minimum absolute atomic E-state index is 0.175. The van der Waals surface area contributed by atoms with E-state index in [0.717, 1.165) is 11.1 Å². The fourth-order valence-electron chi connectivity index (χ4n) is 3.87. The van der Waals surface area contributed by atoms with Gasteiger partial charge in [-0.2, -0.15) is 0 Å². The molecule has 1 aliphatic heterocycles. The van der Waals surface area contributed by atoms with Crippen LogP contribution < -0.4 is 0 Å². The number of ether oxygens (including phenoxy) is 3. The lowest BCUT2D eigenvalue weighted by molar-refractivity contribution is -0.0583. The first kappa shape index (κ1) is 21.8. The number of benzene rings is 2. The van der Waals surface area contributed by atoms with Gasteiger partial charge in [0, 0.05) is 31.5 Å². The summed E-state index contributed by atoms with van der Waals surface area (Å²) in [5, 5.41) is 0. The second-order valence-electron chi connectivity index (χ2n) is 7.77. The summed E-state index contributed by atoms with van der Waals surface area (Å²) in [5.41, 5.74) is 2.71. The first-order chi connectivity index (χ1) is 15.0. The largest absolute Gasteiger partial charge is 0.379 e. The summed E-state index contributed by atoms with van der Waals surface area (Å²) in [6.07, 6.45) is 2.94. The van der Waals surface area contributed by atoms with Gasteiger partial charge in [-0.15, -0.1) is 0 Å². The van der Waals surface area contributed by atoms with Crippen molar-refractivity contribution in [3.63, 3.8) is 0 Å². The van der Waals surface area contributed by atoms with Crippen molar-refractivity contribution in [3.8, 4) is 0 Å². The standard InChI is InChI=1S/C24H27NO5S/c1-17-8-10-19(11-9-17)31(26,27)24-14-25-13-20(24)21-12-22(28-2)23(30-21)16-29-15-18-6-4-3-5-7-18/h3-11,13-14,21-23,25H,12,15-16H2,1-2H3/t21-,22-,23+/m0/s1. The molecule has 0 bridgehead atoms. The van der Waals surface area contributed by atoms with Gasteiger partial charge in [0.2, 0.25) is 9.84 Å². The van der Waals surface area contributed by atoms with Gasteiger partial charge >= 0.3 is 0 Å². The highest BCUT2D eigenvalue weighted by atomic mass is 32.2. The summed E-state index contributed by atoms with van der Waals surface area (Å²) in [6.45, 7) is 2.78. The van der Waals surface area contributed by atoms with Crippen molar-refractivity contribution in [2.75, 3.05) is 13.7 Å². The Labute approximate surface area is 183 Å². The van der Waals surface area contributed by atoms with Gasteiger partial charge < -0.3 is 19.2 Å². The second kappa shape index (κ2) is 9.36. The van der Waals surface area contributed by atoms with Crippen LogP contribution in [0.2, 0.25) is 0 Å². The van der Waals surface area contributed by atoms with Crippen LogP contribution in [0.5, 0.6) is 0 Å². The summed E-state index contributed by atoms with van der Waals surface area (Å²) >= 11 is 0. The van der Waals surface area contributed by atoms with Crippen molar-refractivity contribution in [3.05, 3.63) is 83.7 Å². The van der Waals surface area contributed by atoms with Crippen molar-refractivity contribution in [2.24, 2.45) is 0 Å². The first-order valence-corrected chi connectivity index (χ1v) is 11.8. The van der Waals surface area contributed by atoms with Crippen molar-refractivity contribution in [1.29, 1.82) is 0 Å². The van der Waals surface area contributed by atoms with Gasteiger partial charge in [0.05, 0.1) is 35.2 Å². The maximum absolute atomic E-state index is 13.2. The lowest BCUT2D eigenvalue weighted by Crippen LogP contribution is -2.28. The zero-order chi connectivity index (χ0) is 21.8. The molecule has 2 aromatic carbocycles. The van der Waals surface area contributed by atoms with E-state index in [4.69, 9.17) is 14.2 Å². The number of H-pyrrole nitrogens is 1. The molecule has 4 rings (SSSR count). The van der Waals surface area contributed by atoms with E-state index in [0.29, 0.717) is 25.2 Å².